The van der Waals surface area contributed by atoms with Crippen LogP contribution in [0.5, 0.6) is 5.75 Å². The van der Waals surface area contributed by atoms with Crippen LogP contribution in [-0.4, -0.2) is 76.1 Å². The fourth-order valence-electron chi connectivity index (χ4n) is 3.18. The second kappa shape index (κ2) is 15.7. The Kier molecular flexibility index (Phi) is 14.1. The molecule has 1 unspecified atom stereocenters. The highest BCUT2D eigenvalue weighted by Crippen LogP contribution is 2.21. The van der Waals surface area contributed by atoms with Gasteiger partial charge >= 0.3 is 0 Å². The van der Waals surface area contributed by atoms with Crippen LogP contribution in [0.3, 0.4) is 0 Å². The van der Waals surface area contributed by atoms with E-state index in [1.165, 1.54) is 5.56 Å². The SMILES string of the molecule is CCNC(=NCc1ccc(C)cc1OCCOCC)NCC(C)N1CCOCC1.I. The Morgan fingerprint density at radius 1 is 1.20 bits per heavy atom. The van der Waals surface area contributed by atoms with Crippen molar-refractivity contribution in [3.63, 3.8) is 0 Å². The first-order valence-corrected chi connectivity index (χ1v) is 10.8. The molecule has 1 aliphatic heterocycles. The van der Waals surface area contributed by atoms with Crippen molar-refractivity contribution in [3.8, 4) is 5.75 Å². The molecule has 172 valence electrons. The molecule has 0 radical (unpaired) electrons. The van der Waals surface area contributed by atoms with Crippen molar-refractivity contribution < 1.29 is 14.2 Å². The van der Waals surface area contributed by atoms with Crippen LogP contribution in [0.25, 0.3) is 0 Å². The van der Waals surface area contributed by atoms with Gasteiger partial charge in [0.15, 0.2) is 5.96 Å². The molecule has 1 aliphatic rings. The van der Waals surface area contributed by atoms with Gasteiger partial charge < -0.3 is 24.8 Å². The zero-order chi connectivity index (χ0) is 20.9. The van der Waals surface area contributed by atoms with E-state index in [4.69, 9.17) is 19.2 Å². The average Bonchev–Trinajstić information content (AvgIpc) is 2.74. The van der Waals surface area contributed by atoms with Gasteiger partial charge in [0.05, 0.1) is 26.4 Å². The van der Waals surface area contributed by atoms with Crippen molar-refractivity contribution >= 4 is 29.9 Å². The van der Waals surface area contributed by atoms with E-state index < -0.39 is 0 Å². The van der Waals surface area contributed by atoms with Gasteiger partial charge in [0.2, 0.25) is 0 Å². The number of hydrogen-bond acceptors (Lipinski definition) is 5. The number of hydrogen-bond donors (Lipinski definition) is 2. The highest BCUT2D eigenvalue weighted by molar-refractivity contribution is 14.0. The molecular weight excluding hydrogens is 495 g/mol. The number of guanidine groups is 1. The maximum Gasteiger partial charge on any atom is 0.191 e. The number of halogens is 1. The Labute approximate surface area is 199 Å². The molecular formula is C22H39IN4O3. The number of aliphatic imine (C=N–C) groups is 1. The number of rotatable bonds is 11. The summed E-state index contributed by atoms with van der Waals surface area (Å²) in [5, 5.41) is 6.81. The van der Waals surface area contributed by atoms with E-state index in [0.717, 1.165) is 56.7 Å². The summed E-state index contributed by atoms with van der Waals surface area (Å²) < 4.78 is 16.8. The van der Waals surface area contributed by atoms with Crippen LogP contribution >= 0.6 is 24.0 Å². The molecule has 1 fully saturated rings. The Balaban J connectivity index is 0.00000450. The Morgan fingerprint density at radius 2 is 1.97 bits per heavy atom. The van der Waals surface area contributed by atoms with Crippen LogP contribution < -0.4 is 15.4 Å². The molecule has 0 amide bonds. The van der Waals surface area contributed by atoms with Crippen LogP contribution in [-0.2, 0) is 16.0 Å². The molecule has 2 rings (SSSR count). The molecule has 1 aromatic carbocycles. The molecule has 2 N–H and O–H groups in total. The zero-order valence-electron chi connectivity index (χ0n) is 18.9. The first kappa shape index (κ1) is 26.9. The number of ether oxygens (including phenoxy) is 3. The predicted octanol–water partition coefficient (Wildman–Crippen LogP) is 2.80. The zero-order valence-corrected chi connectivity index (χ0v) is 21.2. The van der Waals surface area contributed by atoms with Crippen molar-refractivity contribution in [2.24, 2.45) is 4.99 Å². The summed E-state index contributed by atoms with van der Waals surface area (Å²) in [5.74, 6) is 1.71. The first-order valence-electron chi connectivity index (χ1n) is 10.8. The van der Waals surface area contributed by atoms with E-state index in [-0.39, 0.29) is 24.0 Å². The smallest absolute Gasteiger partial charge is 0.191 e. The highest BCUT2D eigenvalue weighted by atomic mass is 127. The second-order valence-electron chi connectivity index (χ2n) is 7.23. The van der Waals surface area contributed by atoms with E-state index in [2.05, 4.69) is 54.5 Å². The highest BCUT2D eigenvalue weighted by Gasteiger charge is 2.17. The van der Waals surface area contributed by atoms with Crippen LogP contribution in [0.4, 0.5) is 0 Å². The molecule has 1 heterocycles. The van der Waals surface area contributed by atoms with Gasteiger partial charge in [-0.05, 0) is 39.3 Å². The summed E-state index contributed by atoms with van der Waals surface area (Å²) in [5.41, 5.74) is 2.25. The third-order valence-corrected chi connectivity index (χ3v) is 4.90. The van der Waals surface area contributed by atoms with Crippen LogP contribution in [0, 0.1) is 6.92 Å². The third kappa shape index (κ3) is 9.80. The van der Waals surface area contributed by atoms with E-state index in [9.17, 15) is 0 Å². The molecule has 30 heavy (non-hydrogen) atoms. The summed E-state index contributed by atoms with van der Waals surface area (Å²) in [6.45, 7) is 16.1. The standard InChI is InChI=1S/C22H38N4O3.HI/c1-5-23-22(24-16-19(4)26-9-11-28-12-10-26)25-17-20-8-7-18(3)15-21(20)29-14-13-27-6-2;/h7-8,15,19H,5-6,9-14,16-17H2,1-4H3,(H2,23,24,25);1H. The lowest BCUT2D eigenvalue weighted by Gasteiger charge is -2.32. The van der Waals surface area contributed by atoms with Gasteiger partial charge in [0, 0.05) is 44.4 Å². The minimum absolute atomic E-state index is 0. The number of aryl methyl sites for hydroxylation is 1. The fourth-order valence-corrected chi connectivity index (χ4v) is 3.18. The Hall–Kier alpha value is -1.10. The fraction of sp³-hybridized carbons (Fsp3) is 0.682. The Morgan fingerprint density at radius 3 is 2.67 bits per heavy atom. The van der Waals surface area contributed by atoms with Crippen molar-refractivity contribution in [1.82, 2.24) is 15.5 Å². The maximum absolute atomic E-state index is 5.94. The van der Waals surface area contributed by atoms with Gasteiger partial charge in [-0.15, -0.1) is 24.0 Å². The van der Waals surface area contributed by atoms with E-state index in [0.29, 0.717) is 32.4 Å². The lowest BCUT2D eigenvalue weighted by Crippen LogP contribution is -2.49. The average molecular weight is 534 g/mol. The number of nitrogens with one attached hydrogen (secondary N) is 2. The minimum Gasteiger partial charge on any atom is -0.491 e. The van der Waals surface area contributed by atoms with E-state index in [1.54, 1.807) is 0 Å². The molecule has 1 saturated heterocycles. The second-order valence-corrected chi connectivity index (χ2v) is 7.23. The quantitative estimate of drug-likeness (QED) is 0.197. The largest absolute Gasteiger partial charge is 0.491 e. The minimum atomic E-state index is 0. The number of nitrogens with zero attached hydrogens (tertiary/aromatic N) is 2. The summed E-state index contributed by atoms with van der Waals surface area (Å²) in [4.78, 5) is 7.22. The molecule has 0 saturated carbocycles. The van der Waals surface area contributed by atoms with Crippen LogP contribution in [0.1, 0.15) is 31.9 Å². The predicted molar refractivity (Wildman–Crippen MR) is 133 cm³/mol. The van der Waals surface area contributed by atoms with E-state index in [1.807, 2.05) is 6.92 Å². The monoisotopic (exact) mass is 534 g/mol. The van der Waals surface area contributed by atoms with Crippen molar-refractivity contribution in [2.45, 2.75) is 40.3 Å². The van der Waals surface area contributed by atoms with Crippen LogP contribution in [0.2, 0.25) is 0 Å². The first-order chi connectivity index (χ1) is 14.1. The summed E-state index contributed by atoms with van der Waals surface area (Å²) in [6, 6.07) is 6.69. The van der Waals surface area contributed by atoms with Gasteiger partial charge in [-0.25, -0.2) is 4.99 Å². The number of benzene rings is 1. The molecule has 1 aromatic rings. The normalized spacial score (nSPS) is 15.9. The molecule has 1 atom stereocenters. The molecule has 0 aromatic heterocycles. The molecule has 0 aliphatic carbocycles. The summed E-state index contributed by atoms with van der Waals surface area (Å²) in [6.07, 6.45) is 0. The maximum atomic E-state index is 5.94. The lowest BCUT2D eigenvalue weighted by molar-refractivity contribution is 0.0211. The Bertz CT molecular complexity index is 624. The van der Waals surface area contributed by atoms with Crippen LogP contribution in [0.15, 0.2) is 23.2 Å². The summed E-state index contributed by atoms with van der Waals surface area (Å²) in [7, 11) is 0. The molecule has 0 spiro atoms. The van der Waals surface area contributed by atoms with Gasteiger partial charge in [-0.1, -0.05) is 12.1 Å². The summed E-state index contributed by atoms with van der Waals surface area (Å²) >= 11 is 0. The molecule has 7 nitrogen and oxygen atoms in total. The van der Waals surface area contributed by atoms with E-state index >= 15 is 0 Å². The van der Waals surface area contributed by atoms with Gasteiger partial charge in [-0.3, -0.25) is 4.90 Å². The van der Waals surface area contributed by atoms with Gasteiger partial charge in [0.1, 0.15) is 12.4 Å². The third-order valence-electron chi connectivity index (χ3n) is 4.90. The number of morpholine rings is 1. The van der Waals surface area contributed by atoms with Gasteiger partial charge in [-0.2, -0.15) is 0 Å². The topological polar surface area (TPSA) is 67.4 Å². The molecule has 0 bridgehead atoms. The van der Waals surface area contributed by atoms with Crippen molar-refractivity contribution in [3.05, 3.63) is 29.3 Å². The van der Waals surface area contributed by atoms with Crippen molar-refractivity contribution in [2.75, 3.05) is 59.2 Å². The lowest BCUT2D eigenvalue weighted by atomic mass is 10.1. The van der Waals surface area contributed by atoms with Gasteiger partial charge in [0.25, 0.3) is 0 Å². The van der Waals surface area contributed by atoms with Crippen molar-refractivity contribution in [1.29, 1.82) is 0 Å². The molecule has 8 heteroatoms.